The first-order valence-electron chi connectivity index (χ1n) is 15.4. The Morgan fingerprint density at radius 3 is 1.02 bits per heavy atom. The van der Waals surface area contributed by atoms with Crippen LogP contribution in [0.15, 0.2) is 170 Å². The number of rotatable bonds is 8. The van der Waals surface area contributed by atoms with Crippen molar-refractivity contribution < 1.29 is 4.74 Å². The van der Waals surface area contributed by atoms with Gasteiger partial charge in [-0.2, -0.15) is 0 Å². The first kappa shape index (κ1) is 26.9. The van der Waals surface area contributed by atoms with Crippen molar-refractivity contribution >= 4 is 21.8 Å². The Labute approximate surface area is 263 Å². The normalized spacial score (nSPS) is 11.4. The third-order valence-corrected chi connectivity index (χ3v) is 8.60. The third kappa shape index (κ3) is 4.84. The Morgan fingerprint density at radius 1 is 0.333 bits per heavy atom. The molecule has 0 saturated carbocycles. The van der Waals surface area contributed by atoms with Gasteiger partial charge in [-0.15, -0.1) is 0 Å². The summed E-state index contributed by atoms with van der Waals surface area (Å²) in [5.41, 5.74) is 11.8. The van der Waals surface area contributed by atoms with Gasteiger partial charge in [0.2, 0.25) is 0 Å². The lowest BCUT2D eigenvalue weighted by atomic mass is 9.98. The molecule has 2 aromatic heterocycles. The standard InChI is InChI=1S/C42H32N2O/c1-5-17-31(18-6-1)39-35-25-13-15-27-37(35)43(41(39)33-21-9-3-10-22-33)29-45-30-44-38-28-16-14-26-36(38)40(32-19-7-2-8-20-32)42(44)34-23-11-4-12-24-34/h1-28H,29-30H2. The van der Waals surface area contributed by atoms with Crippen LogP contribution >= 0.6 is 0 Å². The number of para-hydroxylation sites is 2. The molecule has 0 saturated heterocycles. The minimum Gasteiger partial charge on any atom is -0.340 e. The van der Waals surface area contributed by atoms with Gasteiger partial charge in [-0.3, -0.25) is 0 Å². The maximum Gasteiger partial charge on any atom is 0.125 e. The van der Waals surface area contributed by atoms with E-state index in [9.17, 15) is 0 Å². The lowest BCUT2D eigenvalue weighted by Gasteiger charge is -2.16. The minimum absolute atomic E-state index is 0.402. The Hall–Kier alpha value is -5.64. The lowest BCUT2D eigenvalue weighted by Crippen LogP contribution is -2.09. The van der Waals surface area contributed by atoms with Crippen LogP contribution in [0.1, 0.15) is 0 Å². The number of fused-ring (bicyclic) bond motifs is 2. The zero-order valence-corrected chi connectivity index (χ0v) is 24.9. The van der Waals surface area contributed by atoms with Gasteiger partial charge >= 0.3 is 0 Å². The van der Waals surface area contributed by atoms with E-state index in [4.69, 9.17) is 4.74 Å². The zero-order valence-electron chi connectivity index (χ0n) is 24.9. The summed E-state index contributed by atoms with van der Waals surface area (Å²) in [6.45, 7) is 0.804. The molecule has 3 heteroatoms. The monoisotopic (exact) mass is 580 g/mol. The average molecular weight is 581 g/mol. The second-order valence-corrected chi connectivity index (χ2v) is 11.3. The Kier molecular flexibility index (Phi) is 7.07. The Balaban J connectivity index is 1.27. The van der Waals surface area contributed by atoms with E-state index in [0.717, 1.165) is 22.4 Å². The highest BCUT2D eigenvalue weighted by molar-refractivity contribution is 6.05. The molecule has 0 aliphatic carbocycles. The molecule has 8 aromatic rings. The molecular weight excluding hydrogens is 548 g/mol. The summed E-state index contributed by atoms with van der Waals surface area (Å²) in [4.78, 5) is 0. The van der Waals surface area contributed by atoms with Crippen LogP contribution < -0.4 is 0 Å². The van der Waals surface area contributed by atoms with Crippen LogP contribution in [-0.2, 0) is 18.2 Å². The van der Waals surface area contributed by atoms with Crippen molar-refractivity contribution in [2.45, 2.75) is 13.5 Å². The Bertz CT molecular complexity index is 2050. The molecule has 0 aliphatic rings. The number of aromatic nitrogens is 2. The first-order valence-corrected chi connectivity index (χ1v) is 15.4. The molecule has 8 rings (SSSR count). The quantitative estimate of drug-likeness (QED) is 0.175. The summed E-state index contributed by atoms with van der Waals surface area (Å²) in [5.74, 6) is 0. The second kappa shape index (κ2) is 11.8. The largest absolute Gasteiger partial charge is 0.340 e. The maximum atomic E-state index is 6.77. The van der Waals surface area contributed by atoms with E-state index in [1.54, 1.807) is 0 Å². The zero-order chi connectivity index (χ0) is 30.0. The van der Waals surface area contributed by atoms with Crippen LogP contribution in [0.3, 0.4) is 0 Å². The van der Waals surface area contributed by atoms with Crippen molar-refractivity contribution in [2.75, 3.05) is 0 Å². The summed E-state index contributed by atoms with van der Waals surface area (Å²) in [7, 11) is 0. The van der Waals surface area contributed by atoms with Gasteiger partial charge in [0.1, 0.15) is 13.5 Å². The van der Waals surface area contributed by atoms with Crippen molar-refractivity contribution in [2.24, 2.45) is 0 Å². The smallest absolute Gasteiger partial charge is 0.125 e. The molecule has 0 radical (unpaired) electrons. The second-order valence-electron chi connectivity index (χ2n) is 11.3. The summed E-state index contributed by atoms with van der Waals surface area (Å²) >= 11 is 0. The van der Waals surface area contributed by atoms with Crippen LogP contribution in [0.5, 0.6) is 0 Å². The number of ether oxygens (including phenoxy) is 1. The van der Waals surface area contributed by atoms with Crippen LogP contribution in [0.4, 0.5) is 0 Å². The average Bonchev–Trinajstić information content (AvgIpc) is 3.63. The molecular formula is C42H32N2O. The molecule has 0 amide bonds. The summed E-state index contributed by atoms with van der Waals surface area (Å²) in [5, 5.41) is 2.43. The van der Waals surface area contributed by atoms with Gasteiger partial charge in [0.25, 0.3) is 0 Å². The highest BCUT2D eigenvalue weighted by atomic mass is 16.5. The summed E-state index contributed by atoms with van der Waals surface area (Å²) in [6, 6.07) is 60.0. The highest BCUT2D eigenvalue weighted by Gasteiger charge is 2.22. The number of hydrogen-bond acceptors (Lipinski definition) is 1. The first-order chi connectivity index (χ1) is 22.4. The number of hydrogen-bond donors (Lipinski definition) is 0. The van der Waals surface area contributed by atoms with Gasteiger partial charge in [0.15, 0.2) is 0 Å². The number of nitrogens with zero attached hydrogens (tertiary/aromatic N) is 2. The molecule has 0 aliphatic heterocycles. The van der Waals surface area contributed by atoms with Crippen molar-refractivity contribution in [3.05, 3.63) is 170 Å². The van der Waals surface area contributed by atoms with E-state index < -0.39 is 0 Å². The van der Waals surface area contributed by atoms with Gasteiger partial charge in [-0.1, -0.05) is 158 Å². The van der Waals surface area contributed by atoms with Crippen molar-refractivity contribution in [3.63, 3.8) is 0 Å². The van der Waals surface area contributed by atoms with E-state index in [0.29, 0.717) is 13.5 Å². The van der Waals surface area contributed by atoms with E-state index >= 15 is 0 Å². The van der Waals surface area contributed by atoms with Gasteiger partial charge in [0.05, 0.1) is 22.4 Å². The molecule has 0 atom stereocenters. The molecule has 2 heterocycles. The SMILES string of the molecule is c1ccc(-c2c(-c3ccccc3)n(COCn3c(-c4ccccc4)c(-c4ccccc4)c4ccccc43)c3ccccc23)cc1. The van der Waals surface area contributed by atoms with Crippen LogP contribution in [0.25, 0.3) is 66.6 Å². The molecule has 0 fully saturated rings. The molecule has 0 unspecified atom stereocenters. The van der Waals surface area contributed by atoms with E-state index in [1.807, 2.05) is 0 Å². The Morgan fingerprint density at radius 2 is 0.644 bits per heavy atom. The molecule has 6 aromatic carbocycles. The van der Waals surface area contributed by atoms with Crippen LogP contribution in [0, 0.1) is 0 Å². The molecule has 3 nitrogen and oxygen atoms in total. The van der Waals surface area contributed by atoms with Crippen molar-refractivity contribution in [1.82, 2.24) is 9.13 Å². The van der Waals surface area contributed by atoms with E-state index in [2.05, 4.69) is 179 Å². The fraction of sp³-hybridized carbons (Fsp3) is 0.0476. The predicted molar refractivity (Wildman–Crippen MR) is 187 cm³/mol. The third-order valence-electron chi connectivity index (χ3n) is 8.60. The van der Waals surface area contributed by atoms with Gasteiger partial charge < -0.3 is 13.9 Å². The fourth-order valence-corrected chi connectivity index (χ4v) is 6.68. The van der Waals surface area contributed by atoms with Crippen molar-refractivity contribution in [1.29, 1.82) is 0 Å². The highest BCUT2D eigenvalue weighted by Crippen LogP contribution is 2.43. The van der Waals surface area contributed by atoms with Gasteiger partial charge in [-0.25, -0.2) is 0 Å². The summed E-state index contributed by atoms with van der Waals surface area (Å²) in [6.07, 6.45) is 0. The van der Waals surface area contributed by atoms with Crippen LogP contribution in [0.2, 0.25) is 0 Å². The minimum atomic E-state index is 0.402. The van der Waals surface area contributed by atoms with Crippen LogP contribution in [-0.4, -0.2) is 9.13 Å². The molecule has 0 bridgehead atoms. The molecule has 0 spiro atoms. The van der Waals surface area contributed by atoms with Gasteiger partial charge in [0, 0.05) is 21.9 Å². The fourth-order valence-electron chi connectivity index (χ4n) is 6.68. The number of benzene rings is 6. The van der Waals surface area contributed by atoms with E-state index in [-0.39, 0.29) is 0 Å². The topological polar surface area (TPSA) is 19.1 Å². The maximum absolute atomic E-state index is 6.77. The lowest BCUT2D eigenvalue weighted by molar-refractivity contribution is 0.0338. The van der Waals surface area contributed by atoms with Gasteiger partial charge in [-0.05, 0) is 34.4 Å². The molecule has 45 heavy (non-hydrogen) atoms. The predicted octanol–water partition coefficient (Wildman–Crippen LogP) is 10.9. The molecule has 216 valence electrons. The van der Waals surface area contributed by atoms with E-state index in [1.165, 1.54) is 44.2 Å². The summed E-state index contributed by atoms with van der Waals surface area (Å²) < 4.78 is 11.4. The van der Waals surface area contributed by atoms with Crippen molar-refractivity contribution in [3.8, 4) is 44.8 Å². The molecule has 0 N–H and O–H groups in total.